The predicted molar refractivity (Wildman–Crippen MR) is 173 cm³/mol. The predicted octanol–water partition coefficient (Wildman–Crippen LogP) is 5.40. The Hall–Kier alpha value is -0.747. The monoisotopic (exact) mass is 682 g/mol. The first kappa shape index (κ1) is 35.7. The van der Waals surface area contributed by atoms with E-state index in [4.69, 9.17) is 0 Å². The molecule has 0 bridgehead atoms. The summed E-state index contributed by atoms with van der Waals surface area (Å²) in [5.74, 6) is 0.586. The Kier molecular flexibility index (Phi) is 11.0. The molecule has 2 aromatic carbocycles. The molecule has 0 radical (unpaired) electrons. The van der Waals surface area contributed by atoms with Crippen LogP contribution < -0.4 is 24.8 Å². The van der Waals surface area contributed by atoms with Crippen molar-refractivity contribution < 1.29 is 46.1 Å². The third kappa shape index (κ3) is 6.61. The van der Waals surface area contributed by atoms with Crippen LogP contribution in [0, 0.1) is 11.3 Å². The van der Waals surface area contributed by atoms with E-state index in [0.717, 1.165) is 0 Å². The number of allylic oxidation sites excluding steroid dienone is 4. The second-order valence-electron chi connectivity index (χ2n) is 16.0. The zero-order valence-electron chi connectivity index (χ0n) is 28.2. The molecule has 0 nitrogen and oxygen atoms in total. The molecule has 228 valence electrons. The van der Waals surface area contributed by atoms with Gasteiger partial charge in [0, 0.05) is 0 Å². The average molecular weight is 685 g/mol. The SMILES string of the molecule is CCC1=[C]([Zr+2](=[C]2CCCCC2)[CH]2c3ccc(C(C)(C)C)cc3-c3cc(C(C)(C)C)ccc32)C(C)C=C1C(C)(C)C.[Cl-].[Cl-]. The van der Waals surface area contributed by atoms with Crippen molar-refractivity contribution in [1.82, 2.24) is 0 Å². The minimum Gasteiger partial charge on any atom is -1.00 e. The van der Waals surface area contributed by atoms with E-state index in [2.05, 4.69) is 119 Å². The van der Waals surface area contributed by atoms with Gasteiger partial charge in [-0.3, -0.25) is 0 Å². The molecular formula is C39H54Cl2Zr. The first-order valence-electron chi connectivity index (χ1n) is 16.1. The van der Waals surface area contributed by atoms with Crippen LogP contribution in [0.1, 0.15) is 141 Å². The molecule has 0 aliphatic heterocycles. The van der Waals surface area contributed by atoms with Gasteiger partial charge in [-0.2, -0.15) is 0 Å². The van der Waals surface area contributed by atoms with Crippen molar-refractivity contribution in [2.45, 2.75) is 129 Å². The minimum absolute atomic E-state index is 0. The normalized spacial score (nSPS) is 19.0. The van der Waals surface area contributed by atoms with E-state index in [1.807, 2.05) is 6.49 Å². The Morgan fingerprint density at radius 2 is 1.17 bits per heavy atom. The molecule has 0 saturated heterocycles. The molecule has 1 fully saturated rings. The summed E-state index contributed by atoms with van der Waals surface area (Å²) in [4.78, 5) is 0. The van der Waals surface area contributed by atoms with Crippen LogP contribution >= 0.6 is 0 Å². The van der Waals surface area contributed by atoms with Crippen LogP contribution in [-0.4, -0.2) is 3.21 Å². The molecule has 0 heterocycles. The molecule has 1 saturated carbocycles. The number of halogens is 2. The maximum absolute atomic E-state index is 2.68. The van der Waals surface area contributed by atoms with Crippen LogP contribution in [0.15, 0.2) is 56.9 Å². The third-order valence-corrected chi connectivity index (χ3v) is 19.2. The number of benzene rings is 2. The molecule has 5 rings (SSSR count). The van der Waals surface area contributed by atoms with E-state index in [-0.39, 0.29) is 41.1 Å². The van der Waals surface area contributed by atoms with Crippen molar-refractivity contribution in [1.29, 1.82) is 0 Å². The molecular weight excluding hydrogens is 631 g/mol. The van der Waals surface area contributed by atoms with Gasteiger partial charge in [0.2, 0.25) is 0 Å². The smallest absolute Gasteiger partial charge is 1.00 e. The maximum atomic E-state index is 2.68. The van der Waals surface area contributed by atoms with Gasteiger partial charge in [0.25, 0.3) is 0 Å². The molecule has 0 aromatic heterocycles. The van der Waals surface area contributed by atoms with E-state index in [1.54, 1.807) is 33.4 Å². The fraction of sp³-hybridized carbons (Fsp3) is 0.564. The van der Waals surface area contributed by atoms with E-state index in [9.17, 15) is 0 Å². The van der Waals surface area contributed by atoms with Gasteiger partial charge in [0.15, 0.2) is 0 Å². The van der Waals surface area contributed by atoms with Crippen LogP contribution in [0.3, 0.4) is 0 Å². The van der Waals surface area contributed by atoms with Crippen molar-refractivity contribution >= 4 is 3.21 Å². The molecule has 0 amide bonds. The number of fused-ring (bicyclic) bond motifs is 3. The second kappa shape index (κ2) is 12.9. The van der Waals surface area contributed by atoms with E-state index in [1.165, 1.54) is 49.7 Å². The summed E-state index contributed by atoms with van der Waals surface area (Å²) in [5.41, 5.74) is 13.2. The van der Waals surface area contributed by atoms with Gasteiger partial charge in [0.1, 0.15) is 0 Å². The van der Waals surface area contributed by atoms with Crippen LogP contribution in [0.25, 0.3) is 11.1 Å². The molecule has 0 spiro atoms. The Morgan fingerprint density at radius 1 is 0.690 bits per heavy atom. The third-order valence-electron chi connectivity index (χ3n) is 9.85. The summed E-state index contributed by atoms with van der Waals surface area (Å²) >= 11 is -2.34. The van der Waals surface area contributed by atoms with Gasteiger partial charge < -0.3 is 24.8 Å². The summed E-state index contributed by atoms with van der Waals surface area (Å²) < 4.78 is 4.57. The molecule has 42 heavy (non-hydrogen) atoms. The Bertz CT molecular complexity index is 1340. The van der Waals surface area contributed by atoms with Crippen LogP contribution in [0.5, 0.6) is 0 Å². The zero-order valence-corrected chi connectivity index (χ0v) is 32.2. The van der Waals surface area contributed by atoms with Crippen molar-refractivity contribution in [3.05, 3.63) is 79.2 Å². The number of rotatable bonds is 3. The van der Waals surface area contributed by atoms with Gasteiger partial charge in [-0.1, -0.05) is 0 Å². The second-order valence-corrected chi connectivity index (χ2v) is 22.5. The van der Waals surface area contributed by atoms with Crippen molar-refractivity contribution in [3.63, 3.8) is 0 Å². The quantitative estimate of drug-likeness (QED) is 0.407. The molecule has 3 aliphatic carbocycles. The van der Waals surface area contributed by atoms with Gasteiger partial charge >= 0.3 is 255 Å². The fourth-order valence-electron chi connectivity index (χ4n) is 7.64. The van der Waals surface area contributed by atoms with Crippen LogP contribution in [0.2, 0.25) is 0 Å². The van der Waals surface area contributed by atoms with E-state index in [0.29, 0.717) is 9.54 Å². The number of hydrogen-bond donors (Lipinski definition) is 0. The van der Waals surface area contributed by atoms with Crippen LogP contribution in [-0.2, 0) is 32.1 Å². The summed E-state index contributed by atoms with van der Waals surface area (Å²) in [5, 5.41) is 0. The number of hydrogen-bond acceptors (Lipinski definition) is 0. The van der Waals surface area contributed by atoms with Crippen molar-refractivity contribution in [2.75, 3.05) is 0 Å². The minimum atomic E-state index is -2.34. The van der Waals surface area contributed by atoms with Crippen LogP contribution in [0.4, 0.5) is 0 Å². The molecule has 1 atom stereocenters. The van der Waals surface area contributed by atoms with E-state index >= 15 is 0 Å². The summed E-state index contributed by atoms with van der Waals surface area (Å²) in [6.45, 7) is 26.5. The first-order valence-corrected chi connectivity index (χ1v) is 20.0. The average Bonchev–Trinajstić information content (AvgIpc) is 3.38. The summed E-state index contributed by atoms with van der Waals surface area (Å²) in [6.07, 6.45) is 10.9. The van der Waals surface area contributed by atoms with E-state index < -0.39 is 21.3 Å². The largest absolute Gasteiger partial charge is 1.00 e. The van der Waals surface area contributed by atoms with Gasteiger partial charge in [-0.15, -0.1) is 0 Å². The Labute approximate surface area is 278 Å². The Morgan fingerprint density at radius 3 is 1.57 bits per heavy atom. The molecule has 2 aromatic rings. The van der Waals surface area contributed by atoms with Gasteiger partial charge in [-0.25, -0.2) is 0 Å². The fourth-order valence-corrected chi connectivity index (χ4v) is 18.3. The molecule has 3 aliphatic rings. The molecule has 0 N–H and O–H groups in total. The van der Waals surface area contributed by atoms with Crippen molar-refractivity contribution in [2.24, 2.45) is 11.3 Å². The van der Waals surface area contributed by atoms with Crippen molar-refractivity contribution in [3.8, 4) is 11.1 Å². The topological polar surface area (TPSA) is 0 Å². The summed E-state index contributed by atoms with van der Waals surface area (Å²) in [7, 11) is 0. The van der Waals surface area contributed by atoms with Gasteiger partial charge in [0.05, 0.1) is 0 Å². The standard InChI is InChI=1S/C21H25.C12H19.C6H10.2ClH.Zr/c1-20(2,3)16-9-7-14-11-15-8-10-17(21(4,5)6)13-19(15)18(14)12-16;1-6-10-7-9(2)8-11(10)12(3,4)5;1-2-4-6-5-3-1;;;/h7-13H,1-6H3;8-9H,6H2,1-5H3;1-5H2;2*1H;/q;;;;;+2/p-2. The Balaban J connectivity index is 0.00000242. The first-order chi connectivity index (χ1) is 18.6. The van der Waals surface area contributed by atoms with Gasteiger partial charge in [-0.05, 0) is 0 Å². The summed E-state index contributed by atoms with van der Waals surface area (Å²) in [6, 6.07) is 15.3. The molecule has 3 heteroatoms. The zero-order chi connectivity index (χ0) is 29.2. The maximum Gasteiger partial charge on any atom is -1.00 e. The molecule has 1 unspecified atom stereocenters.